The van der Waals surface area contributed by atoms with Gasteiger partial charge in [-0.3, -0.25) is 4.79 Å². The van der Waals surface area contributed by atoms with Crippen molar-refractivity contribution in [1.82, 2.24) is 15.0 Å². The molecule has 0 saturated carbocycles. The first-order valence-electron chi connectivity index (χ1n) is 9.23. The Labute approximate surface area is 163 Å². The lowest BCUT2D eigenvalue weighted by molar-refractivity contribution is 0.0746. The van der Waals surface area contributed by atoms with Gasteiger partial charge in [-0.25, -0.2) is 0 Å². The summed E-state index contributed by atoms with van der Waals surface area (Å²) in [7, 11) is 1.68. The number of carbonyl (C=O) groups is 1. The van der Waals surface area contributed by atoms with Gasteiger partial charge in [-0.1, -0.05) is 29.4 Å². The van der Waals surface area contributed by atoms with Crippen molar-refractivity contribution in [2.45, 2.75) is 6.92 Å². The highest BCUT2D eigenvalue weighted by Gasteiger charge is 2.24. The summed E-state index contributed by atoms with van der Waals surface area (Å²) in [5.74, 6) is 1.86. The molecular weight excluding hydrogens is 356 g/mol. The molecule has 1 aromatic heterocycles. The molecule has 1 amide bonds. The molecule has 0 unspecified atom stereocenters. The van der Waals surface area contributed by atoms with E-state index >= 15 is 0 Å². The summed E-state index contributed by atoms with van der Waals surface area (Å²) >= 11 is 0. The van der Waals surface area contributed by atoms with E-state index in [0.29, 0.717) is 30.4 Å². The Morgan fingerprint density at radius 1 is 1.07 bits per heavy atom. The van der Waals surface area contributed by atoms with Gasteiger partial charge in [0.1, 0.15) is 5.75 Å². The van der Waals surface area contributed by atoms with Crippen molar-refractivity contribution >= 4 is 11.6 Å². The number of methoxy groups -OCH3 is 1. The summed E-state index contributed by atoms with van der Waals surface area (Å²) in [6, 6.07) is 15.3. The maximum absolute atomic E-state index is 13.0. The summed E-state index contributed by atoms with van der Waals surface area (Å²) in [5.41, 5.74) is 2.47. The molecule has 2 heterocycles. The number of aryl methyl sites for hydroxylation is 1. The van der Waals surface area contributed by atoms with E-state index in [9.17, 15) is 4.79 Å². The first kappa shape index (κ1) is 18.0. The average molecular weight is 378 g/mol. The smallest absolute Gasteiger partial charge is 0.253 e. The number of ether oxygens (including phenoxy) is 1. The van der Waals surface area contributed by atoms with Gasteiger partial charge in [0.05, 0.1) is 12.8 Å². The van der Waals surface area contributed by atoms with Gasteiger partial charge in [0.2, 0.25) is 11.7 Å². The summed E-state index contributed by atoms with van der Waals surface area (Å²) in [5, 5.41) is 3.93. The number of piperazine rings is 1. The molecule has 0 N–H and O–H groups in total. The van der Waals surface area contributed by atoms with E-state index in [1.54, 1.807) is 14.0 Å². The number of aromatic nitrogens is 2. The number of benzene rings is 2. The number of amides is 1. The molecule has 0 bridgehead atoms. The lowest BCUT2D eigenvalue weighted by atomic mass is 10.1. The lowest BCUT2D eigenvalue weighted by Gasteiger charge is -2.36. The Bertz CT molecular complexity index is 977. The van der Waals surface area contributed by atoms with Crippen LogP contribution < -0.4 is 9.64 Å². The van der Waals surface area contributed by atoms with Crippen LogP contribution in [0.1, 0.15) is 16.2 Å². The van der Waals surface area contributed by atoms with Gasteiger partial charge in [-0.15, -0.1) is 0 Å². The monoisotopic (exact) mass is 378 g/mol. The van der Waals surface area contributed by atoms with Crippen LogP contribution in [-0.4, -0.2) is 54.2 Å². The molecule has 0 atom stereocenters. The van der Waals surface area contributed by atoms with Crippen molar-refractivity contribution in [2.24, 2.45) is 0 Å². The van der Waals surface area contributed by atoms with Crippen LogP contribution >= 0.6 is 0 Å². The maximum Gasteiger partial charge on any atom is 0.253 e. The van der Waals surface area contributed by atoms with Crippen molar-refractivity contribution in [2.75, 3.05) is 38.2 Å². The van der Waals surface area contributed by atoms with Crippen molar-refractivity contribution in [3.05, 3.63) is 60.0 Å². The number of carbonyl (C=O) groups excluding carboxylic acids is 1. The zero-order chi connectivity index (χ0) is 19.5. The van der Waals surface area contributed by atoms with Crippen LogP contribution in [0.25, 0.3) is 11.4 Å². The number of hydrogen-bond acceptors (Lipinski definition) is 6. The topological polar surface area (TPSA) is 71.7 Å². The van der Waals surface area contributed by atoms with Gasteiger partial charge in [-0.2, -0.15) is 4.98 Å². The largest absolute Gasteiger partial charge is 0.495 e. The Morgan fingerprint density at radius 2 is 1.86 bits per heavy atom. The summed E-state index contributed by atoms with van der Waals surface area (Å²) < 4.78 is 10.5. The molecule has 1 saturated heterocycles. The molecule has 2 aromatic carbocycles. The first-order valence-corrected chi connectivity index (χ1v) is 9.23. The van der Waals surface area contributed by atoms with Gasteiger partial charge >= 0.3 is 0 Å². The predicted octanol–water partition coefficient (Wildman–Crippen LogP) is 3.02. The molecule has 7 nitrogen and oxygen atoms in total. The fourth-order valence-electron chi connectivity index (χ4n) is 3.43. The molecule has 28 heavy (non-hydrogen) atoms. The van der Waals surface area contributed by atoms with Crippen molar-refractivity contribution < 1.29 is 14.1 Å². The number of anilines is 1. The molecule has 7 heteroatoms. The van der Waals surface area contributed by atoms with Gasteiger partial charge in [-0.05, 0) is 24.3 Å². The van der Waals surface area contributed by atoms with E-state index in [-0.39, 0.29) is 5.91 Å². The summed E-state index contributed by atoms with van der Waals surface area (Å²) in [6.07, 6.45) is 0. The minimum Gasteiger partial charge on any atom is -0.495 e. The van der Waals surface area contributed by atoms with Crippen LogP contribution in [0.15, 0.2) is 53.1 Å². The fourth-order valence-corrected chi connectivity index (χ4v) is 3.43. The van der Waals surface area contributed by atoms with Gasteiger partial charge in [0, 0.05) is 44.2 Å². The van der Waals surface area contributed by atoms with E-state index in [1.807, 2.05) is 53.4 Å². The molecule has 144 valence electrons. The second-order valence-corrected chi connectivity index (χ2v) is 6.67. The highest BCUT2D eigenvalue weighted by molar-refractivity contribution is 5.95. The third-order valence-corrected chi connectivity index (χ3v) is 4.89. The molecule has 0 spiro atoms. The highest BCUT2D eigenvalue weighted by atomic mass is 16.5. The Hall–Kier alpha value is -3.35. The highest BCUT2D eigenvalue weighted by Crippen LogP contribution is 2.28. The van der Waals surface area contributed by atoms with Crippen LogP contribution in [-0.2, 0) is 0 Å². The molecule has 3 aromatic rings. The fraction of sp³-hybridized carbons (Fsp3) is 0.286. The summed E-state index contributed by atoms with van der Waals surface area (Å²) in [6.45, 7) is 4.57. The van der Waals surface area contributed by atoms with Crippen molar-refractivity contribution in [3.8, 4) is 17.1 Å². The second-order valence-electron chi connectivity index (χ2n) is 6.67. The number of nitrogens with zero attached hydrogens (tertiary/aromatic N) is 4. The normalized spacial score (nSPS) is 14.2. The Morgan fingerprint density at radius 3 is 2.57 bits per heavy atom. The number of rotatable bonds is 4. The molecular formula is C21H22N4O3. The lowest BCUT2D eigenvalue weighted by Crippen LogP contribution is -2.48. The number of hydrogen-bond donors (Lipinski definition) is 0. The predicted molar refractivity (Wildman–Crippen MR) is 106 cm³/mol. The van der Waals surface area contributed by atoms with Gasteiger partial charge in [0.15, 0.2) is 0 Å². The van der Waals surface area contributed by atoms with Crippen LogP contribution in [0.2, 0.25) is 0 Å². The van der Waals surface area contributed by atoms with E-state index < -0.39 is 0 Å². The zero-order valence-corrected chi connectivity index (χ0v) is 16.0. The zero-order valence-electron chi connectivity index (χ0n) is 16.0. The molecule has 0 aliphatic carbocycles. The van der Waals surface area contributed by atoms with Gasteiger partial charge < -0.3 is 19.1 Å². The molecule has 1 fully saturated rings. The van der Waals surface area contributed by atoms with Crippen molar-refractivity contribution in [3.63, 3.8) is 0 Å². The van der Waals surface area contributed by atoms with E-state index in [1.165, 1.54) is 0 Å². The minimum absolute atomic E-state index is 0.0155. The third-order valence-electron chi connectivity index (χ3n) is 4.89. The molecule has 4 rings (SSSR count). The first-order chi connectivity index (χ1) is 13.7. The third kappa shape index (κ3) is 3.55. The van der Waals surface area contributed by atoms with E-state index in [4.69, 9.17) is 9.26 Å². The van der Waals surface area contributed by atoms with Crippen LogP contribution in [0.5, 0.6) is 5.75 Å². The molecule has 1 aliphatic heterocycles. The quantitative estimate of drug-likeness (QED) is 0.695. The van der Waals surface area contributed by atoms with Crippen LogP contribution in [0.4, 0.5) is 5.69 Å². The second kappa shape index (κ2) is 7.72. The van der Waals surface area contributed by atoms with E-state index in [0.717, 1.165) is 30.1 Å². The maximum atomic E-state index is 13.0. The van der Waals surface area contributed by atoms with Gasteiger partial charge in [0.25, 0.3) is 5.91 Å². The van der Waals surface area contributed by atoms with Crippen molar-refractivity contribution in [1.29, 1.82) is 0 Å². The minimum atomic E-state index is 0.0155. The summed E-state index contributed by atoms with van der Waals surface area (Å²) in [4.78, 5) is 21.3. The Balaban J connectivity index is 1.46. The molecule has 0 radical (unpaired) electrons. The molecule has 1 aliphatic rings. The Kier molecular flexibility index (Phi) is 4.97. The SMILES string of the molecule is COc1ccccc1N1CCN(C(=O)c2cccc(-c3noc(C)n3)c2)CC1. The van der Waals surface area contributed by atoms with Crippen LogP contribution in [0.3, 0.4) is 0 Å². The van der Waals surface area contributed by atoms with E-state index in [2.05, 4.69) is 15.0 Å². The van der Waals surface area contributed by atoms with Crippen LogP contribution in [0, 0.1) is 6.92 Å². The standard InChI is InChI=1S/C21H22N4O3/c1-15-22-20(23-28-15)16-6-5-7-17(14-16)21(26)25-12-10-24(11-13-25)18-8-3-4-9-19(18)27-2/h3-9,14H,10-13H2,1-2H3. The number of para-hydroxylation sites is 2. The average Bonchev–Trinajstić information content (AvgIpc) is 3.20.